The lowest BCUT2D eigenvalue weighted by Gasteiger charge is -2.24. The first-order valence-corrected chi connectivity index (χ1v) is 8.32. The zero-order valence-electron chi connectivity index (χ0n) is 13.8. The van der Waals surface area contributed by atoms with Gasteiger partial charge in [0.15, 0.2) is 0 Å². The van der Waals surface area contributed by atoms with Gasteiger partial charge in [0.2, 0.25) is 5.91 Å². The van der Waals surface area contributed by atoms with Gasteiger partial charge in [-0.05, 0) is 56.5 Å². The fourth-order valence-electron chi connectivity index (χ4n) is 3.22. The summed E-state index contributed by atoms with van der Waals surface area (Å²) in [4.78, 5) is 18.0. The molecule has 122 valence electrons. The van der Waals surface area contributed by atoms with Crippen molar-refractivity contribution in [3.05, 3.63) is 53.9 Å². The van der Waals surface area contributed by atoms with Gasteiger partial charge in [0.25, 0.3) is 0 Å². The van der Waals surface area contributed by atoms with E-state index in [0.717, 1.165) is 36.4 Å². The predicted molar refractivity (Wildman–Crippen MR) is 90.4 cm³/mol. The van der Waals surface area contributed by atoms with E-state index in [0.29, 0.717) is 6.42 Å². The van der Waals surface area contributed by atoms with E-state index in [1.165, 1.54) is 0 Å². The largest absolute Gasteiger partial charge is 0.491 e. The summed E-state index contributed by atoms with van der Waals surface area (Å²) in [6.07, 6.45) is 4.57. The van der Waals surface area contributed by atoms with Gasteiger partial charge in [-0.1, -0.05) is 12.1 Å². The maximum atomic E-state index is 12.7. The van der Waals surface area contributed by atoms with Gasteiger partial charge in [-0.3, -0.25) is 4.79 Å². The average Bonchev–Trinajstić information content (AvgIpc) is 3.18. The third kappa shape index (κ3) is 3.76. The van der Waals surface area contributed by atoms with E-state index < -0.39 is 0 Å². The van der Waals surface area contributed by atoms with Crippen LogP contribution in [0.5, 0.6) is 5.75 Å². The van der Waals surface area contributed by atoms with Crippen LogP contribution in [0.25, 0.3) is 0 Å². The second-order valence-electron chi connectivity index (χ2n) is 6.36. The van der Waals surface area contributed by atoms with Gasteiger partial charge < -0.3 is 14.6 Å². The van der Waals surface area contributed by atoms with Crippen molar-refractivity contribution in [3.63, 3.8) is 0 Å². The summed E-state index contributed by atoms with van der Waals surface area (Å²) < 4.78 is 5.71. The van der Waals surface area contributed by atoms with Gasteiger partial charge >= 0.3 is 0 Å². The highest BCUT2D eigenvalue weighted by Crippen LogP contribution is 2.31. The normalized spacial score (nSPS) is 17.7. The molecule has 1 saturated heterocycles. The highest BCUT2D eigenvalue weighted by Gasteiger charge is 2.30. The molecule has 0 bridgehead atoms. The molecule has 2 aromatic rings. The average molecular weight is 312 g/mol. The first-order chi connectivity index (χ1) is 11.1. The van der Waals surface area contributed by atoms with Crippen LogP contribution in [-0.2, 0) is 11.2 Å². The Kier molecular flexibility index (Phi) is 4.70. The van der Waals surface area contributed by atoms with Gasteiger partial charge in [0, 0.05) is 18.4 Å². The Labute approximate surface area is 137 Å². The fourth-order valence-corrected chi connectivity index (χ4v) is 3.22. The molecule has 1 atom stereocenters. The van der Waals surface area contributed by atoms with Crippen molar-refractivity contribution in [1.82, 2.24) is 9.88 Å². The van der Waals surface area contributed by atoms with Crippen molar-refractivity contribution in [2.45, 2.75) is 45.3 Å². The van der Waals surface area contributed by atoms with E-state index in [1.54, 1.807) is 0 Å². The number of aromatic nitrogens is 1. The van der Waals surface area contributed by atoms with Crippen molar-refractivity contribution in [3.8, 4) is 5.75 Å². The first kappa shape index (κ1) is 15.7. The van der Waals surface area contributed by atoms with Gasteiger partial charge in [0.05, 0.1) is 18.6 Å². The Morgan fingerprint density at radius 2 is 2.22 bits per heavy atom. The third-order valence-corrected chi connectivity index (χ3v) is 4.18. The maximum Gasteiger partial charge on any atom is 0.227 e. The van der Waals surface area contributed by atoms with Gasteiger partial charge in [-0.15, -0.1) is 0 Å². The molecule has 0 unspecified atom stereocenters. The number of likely N-dealkylation sites (tertiary alicyclic amines) is 1. The van der Waals surface area contributed by atoms with Crippen molar-refractivity contribution >= 4 is 5.91 Å². The molecule has 1 aliphatic rings. The van der Waals surface area contributed by atoms with E-state index >= 15 is 0 Å². The van der Waals surface area contributed by atoms with Crippen LogP contribution in [0.1, 0.15) is 44.0 Å². The summed E-state index contributed by atoms with van der Waals surface area (Å²) in [6, 6.07) is 12.1. The van der Waals surface area contributed by atoms with E-state index in [9.17, 15) is 4.79 Å². The highest BCUT2D eigenvalue weighted by molar-refractivity contribution is 5.79. The molecule has 0 saturated carbocycles. The molecule has 0 spiro atoms. The molecule has 1 amide bonds. The number of benzene rings is 1. The molecule has 4 nitrogen and oxygen atoms in total. The summed E-state index contributed by atoms with van der Waals surface area (Å²) in [7, 11) is 0. The predicted octanol–water partition coefficient (Wildman–Crippen LogP) is 3.71. The minimum Gasteiger partial charge on any atom is -0.491 e. The van der Waals surface area contributed by atoms with Crippen molar-refractivity contribution in [1.29, 1.82) is 0 Å². The summed E-state index contributed by atoms with van der Waals surface area (Å²) in [5.74, 6) is 1.01. The third-order valence-electron chi connectivity index (χ3n) is 4.18. The number of rotatable bonds is 5. The minimum absolute atomic E-state index is 0.136. The topological polar surface area (TPSA) is 45.3 Å². The zero-order valence-corrected chi connectivity index (χ0v) is 13.8. The highest BCUT2D eigenvalue weighted by atomic mass is 16.5. The van der Waals surface area contributed by atoms with Crippen LogP contribution in [-0.4, -0.2) is 28.4 Å². The zero-order chi connectivity index (χ0) is 16.2. The van der Waals surface area contributed by atoms with Crippen LogP contribution >= 0.6 is 0 Å². The maximum absolute atomic E-state index is 12.7. The summed E-state index contributed by atoms with van der Waals surface area (Å²) >= 11 is 0. The number of nitrogens with one attached hydrogen (secondary N) is 1. The number of hydrogen-bond donors (Lipinski definition) is 1. The molecule has 1 aliphatic heterocycles. The molecule has 2 heterocycles. The van der Waals surface area contributed by atoms with Crippen LogP contribution in [0.15, 0.2) is 42.6 Å². The first-order valence-electron chi connectivity index (χ1n) is 8.32. The van der Waals surface area contributed by atoms with E-state index in [2.05, 4.69) is 11.1 Å². The van der Waals surface area contributed by atoms with Gasteiger partial charge in [-0.25, -0.2) is 0 Å². The molecule has 0 radical (unpaired) electrons. The van der Waals surface area contributed by atoms with E-state index in [-0.39, 0.29) is 18.1 Å². The molecule has 1 aromatic carbocycles. The SMILES string of the molecule is CC(C)Oc1cccc(CC(=O)N2CCC[C@H]2c2ccc[nH]2)c1. The number of hydrogen-bond acceptors (Lipinski definition) is 2. The van der Waals surface area contributed by atoms with Crippen molar-refractivity contribution < 1.29 is 9.53 Å². The Morgan fingerprint density at radius 3 is 2.96 bits per heavy atom. The van der Waals surface area contributed by atoms with Crippen LogP contribution in [0.3, 0.4) is 0 Å². The second-order valence-corrected chi connectivity index (χ2v) is 6.36. The Balaban J connectivity index is 1.69. The number of aromatic amines is 1. The summed E-state index contributed by atoms with van der Waals surface area (Å²) in [6.45, 7) is 4.84. The summed E-state index contributed by atoms with van der Waals surface area (Å²) in [5, 5.41) is 0. The minimum atomic E-state index is 0.136. The molecule has 1 fully saturated rings. The van der Waals surface area contributed by atoms with E-state index in [4.69, 9.17) is 4.74 Å². The molecular formula is C19H24N2O2. The molecule has 3 rings (SSSR count). The van der Waals surface area contributed by atoms with Gasteiger partial charge in [0.1, 0.15) is 5.75 Å². The lowest BCUT2D eigenvalue weighted by Crippen LogP contribution is -2.32. The fraction of sp³-hybridized carbons (Fsp3) is 0.421. The van der Waals surface area contributed by atoms with Crippen LogP contribution in [0, 0.1) is 0 Å². The smallest absolute Gasteiger partial charge is 0.227 e. The second kappa shape index (κ2) is 6.90. The molecular weight excluding hydrogens is 288 g/mol. The van der Waals surface area contributed by atoms with Crippen LogP contribution < -0.4 is 4.74 Å². The number of amides is 1. The van der Waals surface area contributed by atoms with Crippen LogP contribution in [0.2, 0.25) is 0 Å². The Morgan fingerprint density at radius 1 is 1.35 bits per heavy atom. The monoisotopic (exact) mass is 312 g/mol. The lowest BCUT2D eigenvalue weighted by atomic mass is 10.1. The molecule has 1 aromatic heterocycles. The standard InChI is InChI=1S/C19H24N2O2/c1-14(2)23-16-7-3-6-15(12-16)13-19(22)21-11-5-9-18(21)17-8-4-10-20-17/h3-4,6-8,10,12,14,18,20H,5,9,11,13H2,1-2H3/t18-/m0/s1. The Bertz CT molecular complexity index is 649. The number of carbonyl (C=O) groups excluding carboxylic acids is 1. The molecule has 1 N–H and O–H groups in total. The van der Waals surface area contributed by atoms with Gasteiger partial charge in [-0.2, -0.15) is 0 Å². The number of nitrogens with zero attached hydrogens (tertiary/aromatic N) is 1. The number of ether oxygens (including phenoxy) is 1. The van der Waals surface area contributed by atoms with E-state index in [1.807, 2.05) is 55.3 Å². The van der Waals surface area contributed by atoms with Crippen molar-refractivity contribution in [2.75, 3.05) is 6.54 Å². The Hall–Kier alpha value is -2.23. The molecule has 4 heteroatoms. The molecule has 0 aliphatic carbocycles. The molecule has 23 heavy (non-hydrogen) atoms. The quantitative estimate of drug-likeness (QED) is 0.915. The lowest BCUT2D eigenvalue weighted by molar-refractivity contribution is -0.131. The number of H-pyrrole nitrogens is 1. The van der Waals surface area contributed by atoms with Crippen LogP contribution in [0.4, 0.5) is 0 Å². The number of carbonyl (C=O) groups is 1. The summed E-state index contributed by atoms with van der Waals surface area (Å²) in [5.41, 5.74) is 2.14. The van der Waals surface area contributed by atoms with Crippen molar-refractivity contribution in [2.24, 2.45) is 0 Å².